The van der Waals surface area contributed by atoms with Crippen LogP contribution < -0.4 is 4.80 Å². The van der Waals surface area contributed by atoms with Gasteiger partial charge in [0, 0.05) is 5.56 Å². The number of rotatable bonds is 4. The first-order valence-corrected chi connectivity index (χ1v) is 9.70. The van der Waals surface area contributed by atoms with E-state index in [1.54, 1.807) is 23.6 Å². The Bertz CT molecular complexity index is 1100. The summed E-state index contributed by atoms with van der Waals surface area (Å²) >= 11 is 7.65. The van der Waals surface area contributed by atoms with Gasteiger partial charge in [0.2, 0.25) is 0 Å². The molecule has 0 radical (unpaired) electrons. The molecule has 0 atom stereocenters. The van der Waals surface area contributed by atoms with Crippen LogP contribution in [0.25, 0.3) is 10.2 Å². The van der Waals surface area contributed by atoms with E-state index in [1.807, 2.05) is 38.1 Å². The second-order valence-electron chi connectivity index (χ2n) is 6.08. The van der Waals surface area contributed by atoms with Gasteiger partial charge in [-0.25, -0.2) is 0 Å². The number of thiazole rings is 1. The summed E-state index contributed by atoms with van der Waals surface area (Å²) in [5.41, 5.74) is 3.31. The van der Waals surface area contributed by atoms with Gasteiger partial charge in [0.25, 0.3) is 5.91 Å². The van der Waals surface area contributed by atoms with Gasteiger partial charge in [0.05, 0.1) is 21.8 Å². The zero-order valence-electron chi connectivity index (χ0n) is 15.3. The van der Waals surface area contributed by atoms with Gasteiger partial charge in [-0.05, 0) is 56.2 Å². The smallest absolute Gasteiger partial charge is 0.326 e. The first-order valence-electron chi connectivity index (χ1n) is 8.50. The largest absolute Gasteiger partial charge is 0.465 e. The quantitative estimate of drug-likeness (QED) is 0.612. The highest BCUT2D eigenvalue weighted by Gasteiger charge is 2.15. The van der Waals surface area contributed by atoms with E-state index in [-0.39, 0.29) is 19.1 Å². The first kappa shape index (κ1) is 19.3. The highest BCUT2D eigenvalue weighted by Crippen LogP contribution is 2.25. The fraction of sp³-hybridized carbons (Fsp3) is 0.250. The van der Waals surface area contributed by atoms with Crippen LogP contribution in [-0.4, -0.2) is 23.1 Å². The number of nitrogens with zero attached hydrogens (tertiary/aromatic N) is 2. The minimum Gasteiger partial charge on any atom is -0.465 e. The Labute approximate surface area is 165 Å². The SMILES string of the molecule is CCOC(=O)Cn1c(=NC(=O)c2ccc(C)c(C)c2)sc2cccc(Cl)c21. The van der Waals surface area contributed by atoms with Crippen LogP contribution in [0.15, 0.2) is 41.4 Å². The molecular weight excluding hydrogens is 384 g/mol. The van der Waals surface area contributed by atoms with Gasteiger partial charge in [0.15, 0.2) is 4.80 Å². The summed E-state index contributed by atoms with van der Waals surface area (Å²) in [4.78, 5) is 29.4. The number of aromatic nitrogens is 1. The molecule has 1 heterocycles. The number of para-hydroxylation sites is 1. The van der Waals surface area contributed by atoms with Gasteiger partial charge >= 0.3 is 5.97 Å². The van der Waals surface area contributed by atoms with Crippen LogP contribution in [-0.2, 0) is 16.1 Å². The van der Waals surface area contributed by atoms with Crippen molar-refractivity contribution >= 4 is 45.0 Å². The minimum absolute atomic E-state index is 0.0589. The topological polar surface area (TPSA) is 60.7 Å². The molecule has 0 spiro atoms. The molecule has 0 aliphatic heterocycles. The maximum absolute atomic E-state index is 12.7. The number of carbonyl (C=O) groups is 2. The number of benzene rings is 2. The average Bonchev–Trinajstić information content (AvgIpc) is 2.96. The molecule has 0 unspecified atom stereocenters. The van der Waals surface area contributed by atoms with Crippen LogP contribution in [0.1, 0.15) is 28.4 Å². The summed E-state index contributed by atoms with van der Waals surface area (Å²) < 4.78 is 7.54. The summed E-state index contributed by atoms with van der Waals surface area (Å²) in [6.07, 6.45) is 0. The van der Waals surface area contributed by atoms with E-state index >= 15 is 0 Å². The molecule has 27 heavy (non-hydrogen) atoms. The Hall–Kier alpha value is -2.44. The number of hydrogen-bond acceptors (Lipinski definition) is 4. The van der Waals surface area contributed by atoms with Gasteiger partial charge in [-0.2, -0.15) is 4.99 Å². The van der Waals surface area contributed by atoms with Crippen molar-refractivity contribution in [2.24, 2.45) is 4.99 Å². The molecule has 2 aromatic carbocycles. The summed E-state index contributed by atoms with van der Waals surface area (Å²) in [6.45, 7) is 5.91. The van der Waals surface area contributed by atoms with Crippen molar-refractivity contribution in [1.82, 2.24) is 4.57 Å². The molecule has 0 fully saturated rings. The summed E-state index contributed by atoms with van der Waals surface area (Å²) in [7, 11) is 0. The van der Waals surface area contributed by atoms with E-state index in [4.69, 9.17) is 16.3 Å². The van der Waals surface area contributed by atoms with Crippen molar-refractivity contribution in [3.63, 3.8) is 0 Å². The van der Waals surface area contributed by atoms with E-state index in [0.29, 0.717) is 20.9 Å². The number of halogens is 1. The van der Waals surface area contributed by atoms with Gasteiger partial charge in [-0.3, -0.25) is 9.59 Å². The Morgan fingerprint density at radius 2 is 1.96 bits per heavy atom. The van der Waals surface area contributed by atoms with E-state index < -0.39 is 5.97 Å². The third-order valence-corrected chi connectivity index (χ3v) is 5.54. The van der Waals surface area contributed by atoms with Crippen LogP contribution in [0.5, 0.6) is 0 Å². The fourth-order valence-corrected chi connectivity index (χ4v) is 4.07. The highest BCUT2D eigenvalue weighted by molar-refractivity contribution is 7.16. The lowest BCUT2D eigenvalue weighted by molar-refractivity contribution is -0.143. The van der Waals surface area contributed by atoms with Gasteiger partial charge in [-0.15, -0.1) is 0 Å². The van der Waals surface area contributed by atoms with Crippen molar-refractivity contribution in [3.8, 4) is 0 Å². The molecule has 0 bridgehead atoms. The molecule has 0 N–H and O–H groups in total. The normalized spacial score (nSPS) is 11.8. The zero-order chi connectivity index (χ0) is 19.6. The van der Waals surface area contributed by atoms with E-state index in [2.05, 4.69) is 4.99 Å². The number of fused-ring (bicyclic) bond motifs is 1. The standard InChI is InChI=1S/C20H19ClN2O3S/c1-4-26-17(24)11-23-18-15(21)6-5-7-16(18)27-20(23)22-19(25)14-9-8-12(2)13(3)10-14/h5-10H,4,11H2,1-3H3. The Morgan fingerprint density at radius 1 is 1.19 bits per heavy atom. The van der Waals surface area contributed by atoms with E-state index in [9.17, 15) is 9.59 Å². The molecule has 3 rings (SSSR count). The molecule has 0 aliphatic rings. The molecule has 1 aromatic heterocycles. The number of aryl methyl sites for hydroxylation is 2. The first-order chi connectivity index (χ1) is 12.9. The summed E-state index contributed by atoms with van der Waals surface area (Å²) in [5.74, 6) is -0.768. The highest BCUT2D eigenvalue weighted by atomic mass is 35.5. The third kappa shape index (κ3) is 4.12. The molecule has 7 heteroatoms. The molecule has 0 aliphatic carbocycles. The Kier molecular flexibility index (Phi) is 5.77. The van der Waals surface area contributed by atoms with E-state index in [0.717, 1.165) is 15.8 Å². The molecule has 140 valence electrons. The maximum Gasteiger partial charge on any atom is 0.326 e. The van der Waals surface area contributed by atoms with Crippen molar-refractivity contribution in [1.29, 1.82) is 0 Å². The molecule has 3 aromatic rings. The predicted octanol–water partition coefficient (Wildman–Crippen LogP) is 4.28. The molecular formula is C20H19ClN2O3S. The number of amides is 1. The van der Waals surface area contributed by atoms with Crippen LogP contribution in [0.2, 0.25) is 5.02 Å². The average molecular weight is 403 g/mol. The monoisotopic (exact) mass is 402 g/mol. The number of ether oxygens (including phenoxy) is 1. The van der Waals surface area contributed by atoms with Crippen LogP contribution in [0.3, 0.4) is 0 Å². The number of carbonyl (C=O) groups excluding carboxylic acids is 2. The molecule has 5 nitrogen and oxygen atoms in total. The minimum atomic E-state index is -0.405. The molecule has 1 amide bonds. The predicted molar refractivity (Wildman–Crippen MR) is 107 cm³/mol. The maximum atomic E-state index is 12.7. The Morgan fingerprint density at radius 3 is 2.67 bits per heavy atom. The second-order valence-corrected chi connectivity index (χ2v) is 7.49. The lowest BCUT2D eigenvalue weighted by Crippen LogP contribution is -2.23. The zero-order valence-corrected chi connectivity index (χ0v) is 16.9. The fourth-order valence-electron chi connectivity index (χ4n) is 2.68. The van der Waals surface area contributed by atoms with Gasteiger partial charge in [-0.1, -0.05) is 35.1 Å². The van der Waals surface area contributed by atoms with E-state index in [1.165, 1.54) is 11.3 Å². The Balaban J connectivity index is 2.13. The van der Waals surface area contributed by atoms with Crippen molar-refractivity contribution in [2.45, 2.75) is 27.3 Å². The summed E-state index contributed by atoms with van der Waals surface area (Å²) in [6, 6.07) is 10.9. The lowest BCUT2D eigenvalue weighted by atomic mass is 10.1. The number of esters is 1. The second kappa shape index (κ2) is 8.06. The third-order valence-electron chi connectivity index (χ3n) is 4.20. The van der Waals surface area contributed by atoms with Gasteiger partial charge < -0.3 is 9.30 Å². The van der Waals surface area contributed by atoms with Crippen molar-refractivity contribution in [3.05, 3.63) is 62.9 Å². The lowest BCUT2D eigenvalue weighted by Gasteiger charge is -2.06. The molecule has 0 saturated carbocycles. The number of hydrogen-bond donors (Lipinski definition) is 0. The van der Waals surface area contributed by atoms with Crippen LogP contribution >= 0.6 is 22.9 Å². The van der Waals surface area contributed by atoms with Crippen molar-refractivity contribution < 1.29 is 14.3 Å². The molecule has 0 saturated heterocycles. The van der Waals surface area contributed by atoms with Crippen LogP contribution in [0, 0.1) is 13.8 Å². The van der Waals surface area contributed by atoms with Crippen LogP contribution in [0.4, 0.5) is 0 Å². The van der Waals surface area contributed by atoms with Crippen molar-refractivity contribution in [2.75, 3.05) is 6.61 Å². The van der Waals surface area contributed by atoms with Gasteiger partial charge in [0.1, 0.15) is 6.54 Å². The summed E-state index contributed by atoms with van der Waals surface area (Å²) in [5, 5.41) is 0.494.